The topological polar surface area (TPSA) is 89.8 Å². The third kappa shape index (κ3) is 5.04. The number of hydrogen-bond acceptors (Lipinski definition) is 4. The molecule has 0 heterocycles. The zero-order valence-electron chi connectivity index (χ0n) is 15.4. The van der Waals surface area contributed by atoms with Crippen molar-refractivity contribution in [2.45, 2.75) is 19.3 Å². The fraction of sp³-hybridized carbons (Fsp3) is 0.174. The van der Waals surface area contributed by atoms with Gasteiger partial charge in [-0.05, 0) is 66.3 Å². The molecule has 0 aromatic heterocycles. The summed E-state index contributed by atoms with van der Waals surface area (Å²) in [6.45, 7) is 0.476. The molecule has 3 rings (SSSR count). The first-order valence-corrected chi connectivity index (χ1v) is 9.18. The molecule has 0 atom stereocenters. The van der Waals surface area contributed by atoms with E-state index in [1.165, 1.54) is 24.3 Å². The van der Waals surface area contributed by atoms with Crippen molar-refractivity contribution in [3.05, 3.63) is 89.0 Å². The van der Waals surface area contributed by atoms with E-state index < -0.39 is 0 Å². The quantitative estimate of drug-likeness (QED) is 0.474. The number of carbonyl (C=O) groups excluding carboxylic acids is 1. The van der Waals surface area contributed by atoms with E-state index in [1.54, 1.807) is 12.1 Å². The summed E-state index contributed by atoms with van der Waals surface area (Å²) in [5.41, 5.74) is 2.84. The zero-order valence-corrected chi connectivity index (χ0v) is 15.4. The Morgan fingerprint density at radius 3 is 2.29 bits per heavy atom. The highest BCUT2D eigenvalue weighted by Gasteiger charge is 2.12. The molecular formula is C23H23NO4. The van der Waals surface area contributed by atoms with Crippen molar-refractivity contribution in [2.24, 2.45) is 0 Å². The third-order valence-corrected chi connectivity index (χ3v) is 4.59. The molecule has 0 saturated heterocycles. The fourth-order valence-corrected chi connectivity index (χ4v) is 3.03. The number of aryl methyl sites for hydroxylation is 2. The number of carbonyl (C=O) groups is 1. The van der Waals surface area contributed by atoms with Gasteiger partial charge in [-0.15, -0.1) is 0 Å². The van der Waals surface area contributed by atoms with Crippen molar-refractivity contribution in [1.29, 1.82) is 0 Å². The zero-order chi connectivity index (χ0) is 19.9. The van der Waals surface area contributed by atoms with E-state index in [2.05, 4.69) is 5.32 Å². The molecule has 1 amide bonds. The maximum atomic E-state index is 12.4. The number of phenolic OH excluding ortho intramolecular Hbond substituents is 3. The molecule has 3 aromatic carbocycles. The Labute approximate surface area is 163 Å². The average Bonchev–Trinajstić information content (AvgIpc) is 2.70. The molecule has 0 aliphatic rings. The first-order valence-electron chi connectivity index (χ1n) is 9.18. The summed E-state index contributed by atoms with van der Waals surface area (Å²) in [6, 6.07) is 19.2. The molecule has 0 aliphatic carbocycles. The predicted octanol–water partition coefficient (Wildman–Crippen LogP) is 3.56. The van der Waals surface area contributed by atoms with Crippen molar-refractivity contribution >= 4 is 5.91 Å². The van der Waals surface area contributed by atoms with Crippen LogP contribution >= 0.6 is 0 Å². The maximum Gasteiger partial charge on any atom is 0.255 e. The van der Waals surface area contributed by atoms with Gasteiger partial charge >= 0.3 is 0 Å². The van der Waals surface area contributed by atoms with Crippen LogP contribution in [-0.2, 0) is 19.3 Å². The van der Waals surface area contributed by atoms with Crippen molar-refractivity contribution in [1.82, 2.24) is 5.32 Å². The van der Waals surface area contributed by atoms with Gasteiger partial charge in [0.1, 0.15) is 17.2 Å². The van der Waals surface area contributed by atoms with Crippen LogP contribution in [0.15, 0.2) is 66.7 Å². The first kappa shape index (κ1) is 19.3. The van der Waals surface area contributed by atoms with Crippen LogP contribution in [0, 0.1) is 0 Å². The molecule has 0 unspecified atom stereocenters. The number of phenols is 3. The second kappa shape index (κ2) is 8.95. The molecule has 0 aliphatic heterocycles. The third-order valence-electron chi connectivity index (χ3n) is 4.59. The SMILES string of the molecule is O=C(NCCc1ccccc1)c1cc(CCc2cc(O)ccc2O)ccc1O. The van der Waals surface area contributed by atoms with Gasteiger partial charge in [-0.25, -0.2) is 0 Å². The van der Waals surface area contributed by atoms with E-state index in [-0.39, 0.29) is 28.7 Å². The summed E-state index contributed by atoms with van der Waals surface area (Å²) in [4.78, 5) is 12.4. The Morgan fingerprint density at radius 1 is 0.750 bits per heavy atom. The highest BCUT2D eigenvalue weighted by atomic mass is 16.3. The molecular weight excluding hydrogens is 354 g/mol. The van der Waals surface area contributed by atoms with Gasteiger partial charge in [0.05, 0.1) is 5.56 Å². The Bertz CT molecular complexity index is 954. The van der Waals surface area contributed by atoms with E-state index in [0.717, 1.165) is 11.1 Å². The van der Waals surface area contributed by atoms with Crippen molar-refractivity contribution in [3.8, 4) is 17.2 Å². The van der Waals surface area contributed by atoms with Crippen LogP contribution < -0.4 is 5.32 Å². The second-order valence-corrected chi connectivity index (χ2v) is 6.66. The lowest BCUT2D eigenvalue weighted by Gasteiger charge is -2.10. The van der Waals surface area contributed by atoms with E-state index in [1.807, 2.05) is 30.3 Å². The van der Waals surface area contributed by atoms with Gasteiger partial charge in [-0.2, -0.15) is 0 Å². The van der Waals surface area contributed by atoms with Crippen molar-refractivity contribution < 1.29 is 20.1 Å². The van der Waals surface area contributed by atoms with E-state index >= 15 is 0 Å². The van der Waals surface area contributed by atoms with E-state index in [9.17, 15) is 20.1 Å². The largest absolute Gasteiger partial charge is 0.508 e. The Kier molecular flexibility index (Phi) is 6.17. The van der Waals surface area contributed by atoms with Crippen molar-refractivity contribution in [3.63, 3.8) is 0 Å². The minimum absolute atomic E-state index is 0.0684. The van der Waals surface area contributed by atoms with Crippen LogP contribution in [0.2, 0.25) is 0 Å². The Hall–Kier alpha value is -3.47. The monoisotopic (exact) mass is 377 g/mol. The van der Waals surface area contributed by atoms with Crippen molar-refractivity contribution in [2.75, 3.05) is 6.54 Å². The fourth-order valence-electron chi connectivity index (χ4n) is 3.03. The molecule has 4 N–H and O–H groups in total. The van der Waals surface area contributed by atoms with Crippen LogP contribution in [0.25, 0.3) is 0 Å². The average molecular weight is 377 g/mol. The van der Waals surface area contributed by atoms with Gasteiger partial charge in [0.25, 0.3) is 5.91 Å². The number of amides is 1. The minimum atomic E-state index is -0.324. The van der Waals surface area contributed by atoms with Crippen LogP contribution in [0.3, 0.4) is 0 Å². The van der Waals surface area contributed by atoms with Gasteiger partial charge in [-0.3, -0.25) is 4.79 Å². The molecule has 28 heavy (non-hydrogen) atoms. The number of aromatic hydroxyl groups is 3. The molecule has 5 nitrogen and oxygen atoms in total. The second-order valence-electron chi connectivity index (χ2n) is 6.66. The van der Waals surface area contributed by atoms with Gasteiger partial charge in [0.2, 0.25) is 0 Å². The normalized spacial score (nSPS) is 10.6. The highest BCUT2D eigenvalue weighted by Crippen LogP contribution is 2.25. The Balaban J connectivity index is 1.62. The lowest BCUT2D eigenvalue weighted by atomic mass is 10.0. The van der Waals surface area contributed by atoms with Crippen LogP contribution in [0.5, 0.6) is 17.2 Å². The summed E-state index contributed by atoms with van der Waals surface area (Å²) < 4.78 is 0. The maximum absolute atomic E-state index is 12.4. The van der Waals surface area contributed by atoms with Gasteiger partial charge in [0, 0.05) is 6.54 Å². The number of rotatable bonds is 7. The van der Waals surface area contributed by atoms with Gasteiger partial charge in [-0.1, -0.05) is 36.4 Å². The molecule has 3 aromatic rings. The van der Waals surface area contributed by atoms with Gasteiger partial charge < -0.3 is 20.6 Å². The lowest BCUT2D eigenvalue weighted by Crippen LogP contribution is -2.25. The standard InChI is InChI=1S/C23H23NO4/c25-19-9-11-21(26)18(15-19)8-6-17-7-10-22(27)20(14-17)23(28)24-13-12-16-4-2-1-3-5-16/h1-5,7,9-11,14-15,25-27H,6,8,12-13H2,(H,24,28). The minimum Gasteiger partial charge on any atom is -0.508 e. The predicted molar refractivity (Wildman–Crippen MR) is 108 cm³/mol. The molecule has 0 bridgehead atoms. The molecule has 0 fully saturated rings. The number of benzene rings is 3. The summed E-state index contributed by atoms with van der Waals surface area (Å²) in [6.07, 6.45) is 1.77. The first-order chi connectivity index (χ1) is 13.5. The molecule has 144 valence electrons. The summed E-state index contributed by atoms with van der Waals surface area (Å²) in [7, 11) is 0. The van der Waals surface area contributed by atoms with E-state index in [4.69, 9.17) is 0 Å². The number of nitrogens with one attached hydrogen (secondary N) is 1. The van der Waals surface area contributed by atoms with Crippen LogP contribution in [0.1, 0.15) is 27.0 Å². The molecule has 5 heteroatoms. The summed E-state index contributed by atoms with van der Waals surface area (Å²) >= 11 is 0. The lowest BCUT2D eigenvalue weighted by molar-refractivity contribution is 0.0951. The molecule has 0 saturated carbocycles. The Morgan fingerprint density at radius 2 is 1.50 bits per heavy atom. The van der Waals surface area contributed by atoms with Gasteiger partial charge in [0.15, 0.2) is 0 Å². The summed E-state index contributed by atoms with van der Waals surface area (Å²) in [5.74, 6) is -0.177. The molecule has 0 spiro atoms. The number of hydrogen-bond donors (Lipinski definition) is 4. The van der Waals surface area contributed by atoms with E-state index in [0.29, 0.717) is 31.4 Å². The van der Waals surface area contributed by atoms with Crippen LogP contribution in [0.4, 0.5) is 0 Å². The highest BCUT2D eigenvalue weighted by molar-refractivity contribution is 5.97. The molecule has 0 radical (unpaired) electrons. The summed E-state index contributed by atoms with van der Waals surface area (Å²) in [5, 5.41) is 32.3. The van der Waals surface area contributed by atoms with Crippen LogP contribution in [-0.4, -0.2) is 27.8 Å². The smallest absolute Gasteiger partial charge is 0.255 e.